The summed E-state index contributed by atoms with van der Waals surface area (Å²) in [5.41, 5.74) is 3.64. The molecule has 0 unspecified atom stereocenters. The van der Waals surface area contributed by atoms with Gasteiger partial charge in [-0.1, -0.05) is 32.0 Å². The fourth-order valence-corrected chi connectivity index (χ4v) is 2.91. The Bertz CT molecular complexity index is 981. The molecule has 3 rings (SSSR count). The zero-order valence-corrected chi connectivity index (χ0v) is 16.3. The summed E-state index contributed by atoms with van der Waals surface area (Å²) in [6.07, 6.45) is 1.25. The maximum Gasteiger partial charge on any atom is 0.373 e. The summed E-state index contributed by atoms with van der Waals surface area (Å²) < 4.78 is 5.70. The molecule has 1 N–H and O–H groups in total. The van der Waals surface area contributed by atoms with Crippen LogP contribution in [0.3, 0.4) is 0 Å². The quantitative estimate of drug-likeness (QED) is 0.439. The molecule has 144 valence electrons. The van der Waals surface area contributed by atoms with Crippen molar-refractivity contribution >= 4 is 17.2 Å². The number of benzene rings is 2. The number of hydrogen-bond donors (Lipinski definition) is 1. The predicted octanol–water partition coefficient (Wildman–Crippen LogP) is 5.66. The summed E-state index contributed by atoms with van der Waals surface area (Å²) in [7, 11) is 0. The average Bonchev–Trinajstić information content (AvgIpc) is 2.61. The van der Waals surface area contributed by atoms with Crippen molar-refractivity contribution in [1.29, 1.82) is 0 Å². The Labute approximate surface area is 163 Å². The molecule has 0 atom stereocenters. The van der Waals surface area contributed by atoms with Crippen molar-refractivity contribution in [2.45, 2.75) is 33.6 Å². The summed E-state index contributed by atoms with van der Waals surface area (Å²) in [6.45, 7) is 8.11. The van der Waals surface area contributed by atoms with E-state index in [0.29, 0.717) is 17.4 Å². The third kappa shape index (κ3) is 4.43. The van der Waals surface area contributed by atoms with Gasteiger partial charge in [0.2, 0.25) is 5.82 Å². The van der Waals surface area contributed by atoms with Crippen molar-refractivity contribution < 1.29 is 9.66 Å². The summed E-state index contributed by atoms with van der Waals surface area (Å²) in [4.78, 5) is 19.2. The van der Waals surface area contributed by atoms with Crippen LogP contribution in [0, 0.1) is 24.0 Å². The molecule has 0 amide bonds. The zero-order chi connectivity index (χ0) is 20.3. The van der Waals surface area contributed by atoms with Gasteiger partial charge in [-0.05, 0) is 60.7 Å². The Morgan fingerprint density at radius 2 is 1.68 bits per heavy atom. The lowest BCUT2D eigenvalue weighted by Crippen LogP contribution is -2.04. The highest BCUT2D eigenvalue weighted by Crippen LogP contribution is 2.36. The molecule has 3 aromatic rings. The average molecular weight is 378 g/mol. The van der Waals surface area contributed by atoms with Crippen LogP contribution in [0.4, 0.5) is 17.2 Å². The SMILES string of the molecule is Cc1cc(C)cc(Nc2ncnc(Oc3ccc(C(C)C)cc3)c2[N+](=O)[O-])c1. The molecular weight excluding hydrogens is 356 g/mol. The van der Waals surface area contributed by atoms with Gasteiger partial charge in [-0.3, -0.25) is 10.1 Å². The lowest BCUT2D eigenvalue weighted by atomic mass is 10.0. The Kier molecular flexibility index (Phi) is 5.54. The maximum absolute atomic E-state index is 11.7. The summed E-state index contributed by atoms with van der Waals surface area (Å²) in [6, 6.07) is 13.2. The highest BCUT2D eigenvalue weighted by molar-refractivity contribution is 5.69. The van der Waals surface area contributed by atoms with Gasteiger partial charge in [0.05, 0.1) is 4.92 Å². The molecule has 0 bridgehead atoms. The maximum atomic E-state index is 11.7. The zero-order valence-electron chi connectivity index (χ0n) is 16.3. The molecule has 0 aliphatic heterocycles. The molecule has 7 heteroatoms. The smallest absolute Gasteiger partial charge is 0.373 e. The lowest BCUT2D eigenvalue weighted by molar-refractivity contribution is -0.385. The number of ether oxygens (including phenoxy) is 1. The first-order valence-corrected chi connectivity index (χ1v) is 8.96. The number of nitrogens with zero attached hydrogens (tertiary/aromatic N) is 3. The Balaban J connectivity index is 1.94. The number of anilines is 2. The van der Waals surface area contributed by atoms with Gasteiger partial charge in [-0.15, -0.1) is 0 Å². The topological polar surface area (TPSA) is 90.2 Å². The van der Waals surface area contributed by atoms with Crippen molar-refractivity contribution in [3.8, 4) is 11.6 Å². The molecule has 0 aliphatic rings. The summed E-state index contributed by atoms with van der Waals surface area (Å²) in [5.74, 6) is 0.836. The second-order valence-corrected chi connectivity index (χ2v) is 6.96. The second-order valence-electron chi connectivity index (χ2n) is 6.96. The first-order valence-electron chi connectivity index (χ1n) is 8.96. The van der Waals surface area contributed by atoms with E-state index in [0.717, 1.165) is 16.7 Å². The van der Waals surface area contributed by atoms with E-state index in [1.54, 1.807) is 12.1 Å². The fraction of sp³-hybridized carbons (Fsp3) is 0.238. The molecule has 0 radical (unpaired) electrons. The fourth-order valence-electron chi connectivity index (χ4n) is 2.91. The first-order chi connectivity index (χ1) is 13.3. The van der Waals surface area contributed by atoms with Crippen LogP contribution >= 0.6 is 0 Å². The first kappa shape index (κ1) is 19.3. The molecule has 7 nitrogen and oxygen atoms in total. The predicted molar refractivity (Wildman–Crippen MR) is 108 cm³/mol. The molecule has 2 aromatic carbocycles. The van der Waals surface area contributed by atoms with Gasteiger partial charge in [0, 0.05) is 5.69 Å². The molecule has 0 aliphatic carbocycles. The highest BCUT2D eigenvalue weighted by Gasteiger charge is 2.25. The van der Waals surface area contributed by atoms with Gasteiger partial charge in [0.25, 0.3) is 0 Å². The largest absolute Gasteiger partial charge is 0.434 e. The minimum absolute atomic E-state index is 0.0822. The number of rotatable bonds is 6. The van der Waals surface area contributed by atoms with Crippen molar-refractivity contribution in [3.05, 3.63) is 75.6 Å². The van der Waals surface area contributed by atoms with Crippen molar-refractivity contribution in [2.24, 2.45) is 0 Å². The van der Waals surface area contributed by atoms with Crippen molar-refractivity contribution in [1.82, 2.24) is 9.97 Å². The molecule has 28 heavy (non-hydrogen) atoms. The van der Waals surface area contributed by atoms with Gasteiger partial charge >= 0.3 is 11.6 Å². The highest BCUT2D eigenvalue weighted by atomic mass is 16.6. The van der Waals surface area contributed by atoms with Crippen LogP contribution in [0.25, 0.3) is 0 Å². The van der Waals surface area contributed by atoms with Crippen LogP contribution in [0.1, 0.15) is 36.5 Å². The number of aryl methyl sites for hydroxylation is 2. The van der Waals surface area contributed by atoms with E-state index in [1.165, 1.54) is 6.33 Å². The summed E-state index contributed by atoms with van der Waals surface area (Å²) >= 11 is 0. The van der Waals surface area contributed by atoms with Gasteiger partial charge in [-0.2, -0.15) is 4.98 Å². The van der Waals surface area contributed by atoms with Crippen LogP contribution in [0.5, 0.6) is 11.6 Å². The molecular formula is C21H22N4O3. The van der Waals surface area contributed by atoms with Crippen molar-refractivity contribution in [2.75, 3.05) is 5.32 Å². The van der Waals surface area contributed by atoms with E-state index in [-0.39, 0.29) is 17.4 Å². The molecule has 1 heterocycles. The molecule has 0 fully saturated rings. The van der Waals surface area contributed by atoms with Crippen LogP contribution in [-0.4, -0.2) is 14.9 Å². The van der Waals surface area contributed by atoms with Gasteiger partial charge in [0.1, 0.15) is 12.1 Å². The third-order valence-corrected chi connectivity index (χ3v) is 4.22. The van der Waals surface area contributed by atoms with E-state index >= 15 is 0 Å². The number of nitrogens with one attached hydrogen (secondary N) is 1. The standard InChI is InChI=1S/C21H22N4O3/c1-13(2)16-5-7-18(8-6-16)28-21-19(25(26)27)20(22-12-23-21)24-17-10-14(3)9-15(4)11-17/h5-13H,1-4H3,(H,22,23,24). The van der Waals surface area contributed by atoms with Crippen LogP contribution in [0.15, 0.2) is 48.8 Å². The van der Waals surface area contributed by atoms with E-state index in [2.05, 4.69) is 29.1 Å². The third-order valence-electron chi connectivity index (χ3n) is 4.22. The van der Waals surface area contributed by atoms with Gasteiger partial charge < -0.3 is 10.1 Å². The van der Waals surface area contributed by atoms with E-state index in [4.69, 9.17) is 4.74 Å². The number of hydrogen-bond acceptors (Lipinski definition) is 6. The Morgan fingerprint density at radius 1 is 1.04 bits per heavy atom. The van der Waals surface area contributed by atoms with E-state index < -0.39 is 4.92 Å². The Morgan fingerprint density at radius 3 is 2.25 bits per heavy atom. The number of aromatic nitrogens is 2. The van der Waals surface area contributed by atoms with Crippen molar-refractivity contribution in [3.63, 3.8) is 0 Å². The second kappa shape index (κ2) is 8.04. The molecule has 0 saturated carbocycles. The molecule has 0 saturated heterocycles. The molecule has 0 spiro atoms. The summed E-state index contributed by atoms with van der Waals surface area (Å²) in [5, 5.41) is 14.7. The van der Waals surface area contributed by atoms with E-state index in [9.17, 15) is 10.1 Å². The number of nitro groups is 1. The van der Waals surface area contributed by atoms with E-state index in [1.807, 2.05) is 44.2 Å². The lowest BCUT2D eigenvalue weighted by Gasteiger charge is -2.11. The minimum Gasteiger partial charge on any atom is -0.434 e. The minimum atomic E-state index is -0.539. The Hall–Kier alpha value is -3.48. The van der Waals surface area contributed by atoms with Gasteiger partial charge in [0.15, 0.2) is 0 Å². The van der Waals surface area contributed by atoms with Gasteiger partial charge in [-0.25, -0.2) is 4.98 Å². The molecule has 1 aromatic heterocycles. The van der Waals surface area contributed by atoms with Crippen LogP contribution in [0.2, 0.25) is 0 Å². The van der Waals surface area contributed by atoms with Crippen LogP contribution in [-0.2, 0) is 0 Å². The normalized spacial score (nSPS) is 10.8. The monoisotopic (exact) mass is 378 g/mol. The van der Waals surface area contributed by atoms with Crippen LogP contribution < -0.4 is 10.1 Å².